The van der Waals surface area contributed by atoms with Crippen LogP contribution in [-0.2, 0) is 9.47 Å². The van der Waals surface area contributed by atoms with Crippen molar-refractivity contribution in [3.8, 4) is 0 Å². The average Bonchev–Trinajstić information content (AvgIpc) is 2.00. The van der Waals surface area contributed by atoms with Crippen molar-refractivity contribution >= 4 is 6.16 Å². The molecule has 0 unspecified atom stereocenters. The predicted octanol–water partition coefficient (Wildman–Crippen LogP) is 3.76. The molecule has 0 spiro atoms. The van der Waals surface area contributed by atoms with E-state index in [1.54, 1.807) is 0 Å². The fraction of sp³-hybridized carbons (Fsp3) is 0.917. The highest BCUT2D eigenvalue weighted by Gasteiger charge is 2.19. The third-order valence-corrected chi connectivity index (χ3v) is 2.35. The molecule has 0 saturated carbocycles. The first-order valence-corrected chi connectivity index (χ1v) is 5.52. The lowest BCUT2D eigenvalue weighted by atomic mass is 9.87. The summed E-state index contributed by atoms with van der Waals surface area (Å²) in [5.74, 6) is 0. The molecule has 0 aromatic rings. The van der Waals surface area contributed by atoms with Gasteiger partial charge in [-0.1, -0.05) is 27.2 Å². The maximum Gasteiger partial charge on any atom is 0.508 e. The second-order valence-electron chi connectivity index (χ2n) is 5.58. The summed E-state index contributed by atoms with van der Waals surface area (Å²) in [4.78, 5) is 11.2. The molecule has 0 rings (SSSR count). The third-order valence-electron chi connectivity index (χ3n) is 2.35. The minimum Gasteiger partial charge on any atom is -0.434 e. The molecule has 0 aromatic heterocycles. The Hall–Kier alpha value is -0.730. The minimum atomic E-state index is -0.575. The molecule has 0 heterocycles. The van der Waals surface area contributed by atoms with Gasteiger partial charge in [-0.25, -0.2) is 4.79 Å². The van der Waals surface area contributed by atoms with Gasteiger partial charge in [-0.2, -0.15) is 0 Å². The SMILES string of the molecule is CCC(C)(C)CCOC(=O)OC(C)(C)C. The maximum absolute atomic E-state index is 11.2. The zero-order chi connectivity index (χ0) is 12.1. The Morgan fingerprint density at radius 1 is 1.13 bits per heavy atom. The van der Waals surface area contributed by atoms with Crippen molar-refractivity contribution < 1.29 is 14.3 Å². The molecule has 0 bridgehead atoms. The van der Waals surface area contributed by atoms with E-state index in [0.29, 0.717) is 6.61 Å². The summed E-state index contributed by atoms with van der Waals surface area (Å²) in [6.45, 7) is 12.3. The second kappa shape index (κ2) is 5.38. The van der Waals surface area contributed by atoms with Gasteiger partial charge in [0.2, 0.25) is 0 Å². The highest BCUT2D eigenvalue weighted by atomic mass is 16.7. The number of carbonyl (C=O) groups excluding carboxylic acids is 1. The maximum atomic E-state index is 11.2. The summed E-state index contributed by atoms with van der Waals surface area (Å²) in [7, 11) is 0. The molecule has 0 aromatic carbocycles. The van der Waals surface area contributed by atoms with Crippen molar-refractivity contribution in [3.63, 3.8) is 0 Å². The van der Waals surface area contributed by atoms with E-state index in [1.807, 2.05) is 20.8 Å². The van der Waals surface area contributed by atoms with Crippen LogP contribution in [0.15, 0.2) is 0 Å². The largest absolute Gasteiger partial charge is 0.508 e. The zero-order valence-corrected chi connectivity index (χ0v) is 10.8. The van der Waals surface area contributed by atoms with Gasteiger partial charge in [0, 0.05) is 0 Å². The first kappa shape index (κ1) is 14.3. The summed E-state index contributed by atoms with van der Waals surface area (Å²) >= 11 is 0. The van der Waals surface area contributed by atoms with Crippen molar-refractivity contribution in [2.45, 2.75) is 60.0 Å². The van der Waals surface area contributed by atoms with Crippen LogP contribution < -0.4 is 0 Å². The Balaban J connectivity index is 3.74. The van der Waals surface area contributed by atoms with E-state index in [9.17, 15) is 4.79 Å². The summed E-state index contributed by atoms with van der Waals surface area (Å²) in [5, 5.41) is 0. The Morgan fingerprint density at radius 3 is 2.07 bits per heavy atom. The fourth-order valence-electron chi connectivity index (χ4n) is 0.867. The Kier molecular flexibility index (Phi) is 5.12. The number of rotatable bonds is 4. The van der Waals surface area contributed by atoms with Gasteiger partial charge in [-0.15, -0.1) is 0 Å². The van der Waals surface area contributed by atoms with E-state index < -0.39 is 11.8 Å². The summed E-state index contributed by atoms with van der Waals surface area (Å²) in [5.41, 5.74) is -0.251. The van der Waals surface area contributed by atoms with E-state index in [2.05, 4.69) is 20.8 Å². The van der Waals surface area contributed by atoms with Crippen LogP contribution in [0.4, 0.5) is 4.79 Å². The molecule has 3 nitrogen and oxygen atoms in total. The van der Waals surface area contributed by atoms with E-state index in [1.165, 1.54) is 0 Å². The van der Waals surface area contributed by atoms with Crippen LogP contribution >= 0.6 is 0 Å². The number of hydrogen-bond donors (Lipinski definition) is 0. The van der Waals surface area contributed by atoms with Gasteiger partial charge >= 0.3 is 6.16 Å². The molecule has 0 atom stereocenters. The minimum absolute atomic E-state index is 0.224. The van der Waals surface area contributed by atoms with Gasteiger partial charge in [0.15, 0.2) is 0 Å². The van der Waals surface area contributed by atoms with E-state index in [0.717, 1.165) is 12.8 Å². The highest BCUT2D eigenvalue weighted by molar-refractivity contribution is 5.60. The quantitative estimate of drug-likeness (QED) is 0.671. The third kappa shape index (κ3) is 8.28. The van der Waals surface area contributed by atoms with Gasteiger partial charge < -0.3 is 9.47 Å². The molecule has 0 saturated heterocycles. The number of carbonyl (C=O) groups is 1. The Bertz CT molecular complexity index is 201. The Morgan fingerprint density at radius 2 is 1.67 bits per heavy atom. The lowest BCUT2D eigenvalue weighted by Gasteiger charge is -2.23. The van der Waals surface area contributed by atoms with Gasteiger partial charge in [0.1, 0.15) is 5.60 Å². The van der Waals surface area contributed by atoms with Crippen LogP contribution in [0.2, 0.25) is 0 Å². The van der Waals surface area contributed by atoms with Gasteiger partial charge in [0.25, 0.3) is 0 Å². The molecule has 3 heteroatoms. The van der Waals surface area contributed by atoms with Gasteiger partial charge in [-0.05, 0) is 32.6 Å². The molecular weight excluding hydrogens is 192 g/mol. The molecule has 15 heavy (non-hydrogen) atoms. The van der Waals surface area contributed by atoms with Crippen LogP contribution in [0.3, 0.4) is 0 Å². The lowest BCUT2D eigenvalue weighted by Crippen LogP contribution is -2.25. The van der Waals surface area contributed by atoms with Gasteiger partial charge in [0.05, 0.1) is 6.61 Å². The zero-order valence-electron chi connectivity index (χ0n) is 10.8. The summed E-state index contributed by atoms with van der Waals surface area (Å²) < 4.78 is 10.0. The van der Waals surface area contributed by atoms with Crippen LogP contribution in [0.1, 0.15) is 54.4 Å². The lowest BCUT2D eigenvalue weighted by molar-refractivity contribution is -0.0110. The van der Waals surface area contributed by atoms with E-state index in [-0.39, 0.29) is 5.41 Å². The van der Waals surface area contributed by atoms with E-state index in [4.69, 9.17) is 9.47 Å². The van der Waals surface area contributed by atoms with Crippen LogP contribution in [0.5, 0.6) is 0 Å². The topological polar surface area (TPSA) is 35.5 Å². The Labute approximate surface area is 93.1 Å². The fourth-order valence-corrected chi connectivity index (χ4v) is 0.867. The van der Waals surface area contributed by atoms with Crippen LogP contribution in [0, 0.1) is 5.41 Å². The standard InChI is InChI=1S/C12H24O3/c1-7-12(5,6)8-9-14-10(13)15-11(2,3)4/h7-9H2,1-6H3. The van der Waals surface area contributed by atoms with Crippen LogP contribution in [0.25, 0.3) is 0 Å². The van der Waals surface area contributed by atoms with Crippen LogP contribution in [-0.4, -0.2) is 18.4 Å². The number of hydrogen-bond acceptors (Lipinski definition) is 3. The number of ether oxygens (including phenoxy) is 2. The first-order chi connectivity index (χ1) is 6.66. The molecular formula is C12H24O3. The molecule has 0 N–H and O–H groups in total. The molecule has 0 radical (unpaired) electrons. The van der Waals surface area contributed by atoms with Crippen molar-refractivity contribution in [1.82, 2.24) is 0 Å². The summed E-state index contributed by atoms with van der Waals surface area (Å²) in [6.07, 6.45) is 1.36. The highest BCUT2D eigenvalue weighted by Crippen LogP contribution is 2.24. The van der Waals surface area contributed by atoms with Crippen molar-refractivity contribution in [1.29, 1.82) is 0 Å². The van der Waals surface area contributed by atoms with Gasteiger partial charge in [-0.3, -0.25) is 0 Å². The molecule has 0 amide bonds. The second-order valence-corrected chi connectivity index (χ2v) is 5.58. The first-order valence-electron chi connectivity index (χ1n) is 5.52. The smallest absolute Gasteiger partial charge is 0.434 e. The van der Waals surface area contributed by atoms with Crippen molar-refractivity contribution in [2.75, 3.05) is 6.61 Å². The molecule has 0 aliphatic carbocycles. The predicted molar refractivity (Wildman–Crippen MR) is 60.9 cm³/mol. The average molecular weight is 216 g/mol. The molecule has 0 aliphatic rings. The molecule has 90 valence electrons. The molecule has 0 fully saturated rings. The molecule has 0 aliphatic heterocycles. The summed E-state index contributed by atoms with van der Waals surface area (Å²) in [6, 6.07) is 0. The monoisotopic (exact) mass is 216 g/mol. The van der Waals surface area contributed by atoms with E-state index >= 15 is 0 Å². The van der Waals surface area contributed by atoms with Crippen molar-refractivity contribution in [3.05, 3.63) is 0 Å². The van der Waals surface area contributed by atoms with Crippen molar-refractivity contribution in [2.24, 2.45) is 5.41 Å². The normalized spacial score (nSPS) is 12.4.